The first kappa shape index (κ1) is 23.6. The van der Waals surface area contributed by atoms with Crippen LogP contribution in [0.5, 0.6) is 0 Å². The molecule has 2 aliphatic rings. The zero-order valence-electron chi connectivity index (χ0n) is 16.7. The van der Waals surface area contributed by atoms with E-state index in [9.17, 15) is 14.7 Å². The molecule has 1 heterocycles. The monoisotopic (exact) mass is 481 g/mol. The molecule has 2 amide bonds. The summed E-state index contributed by atoms with van der Waals surface area (Å²) in [5.74, 6) is -1.39. The quantitative estimate of drug-likeness (QED) is 0.329. The summed E-state index contributed by atoms with van der Waals surface area (Å²) >= 11 is 8.83. The number of alkyl halides is 2. The fourth-order valence-electron chi connectivity index (χ4n) is 4.14. The molecule has 1 aliphatic heterocycles. The van der Waals surface area contributed by atoms with Crippen molar-refractivity contribution in [1.29, 1.82) is 0 Å². The Morgan fingerprint density at radius 1 is 1.43 bits per heavy atom. The standard InChI is InChI=1S/C19H29BrClNO6/c1-11(2)5-6-13-18(3,28-13)16-15(26-4)12(7-8-19(16,25)10-20)27-17(24)22-14(23)9-21/h5,12-13,15-16,25H,6-10H2,1-4H3,(H,22,23,24). The van der Waals surface area contributed by atoms with E-state index >= 15 is 0 Å². The maximum Gasteiger partial charge on any atom is 0.414 e. The van der Waals surface area contributed by atoms with Crippen LogP contribution in [0.4, 0.5) is 4.79 Å². The molecule has 28 heavy (non-hydrogen) atoms. The van der Waals surface area contributed by atoms with E-state index in [2.05, 4.69) is 27.3 Å². The van der Waals surface area contributed by atoms with Gasteiger partial charge in [-0.25, -0.2) is 4.79 Å². The van der Waals surface area contributed by atoms with Crippen LogP contribution in [0.1, 0.15) is 40.0 Å². The van der Waals surface area contributed by atoms with Crippen molar-refractivity contribution in [2.24, 2.45) is 5.92 Å². The van der Waals surface area contributed by atoms with Gasteiger partial charge in [0.05, 0.1) is 11.7 Å². The summed E-state index contributed by atoms with van der Waals surface area (Å²) in [5.41, 5.74) is -0.487. The Morgan fingerprint density at radius 3 is 2.64 bits per heavy atom. The number of epoxide rings is 1. The Balaban J connectivity index is 2.20. The highest BCUT2D eigenvalue weighted by atomic mass is 79.9. The number of hydrogen-bond acceptors (Lipinski definition) is 6. The highest BCUT2D eigenvalue weighted by molar-refractivity contribution is 9.09. The Hall–Kier alpha value is -0.670. The summed E-state index contributed by atoms with van der Waals surface area (Å²) < 4.78 is 17.2. The van der Waals surface area contributed by atoms with Crippen molar-refractivity contribution in [3.05, 3.63) is 11.6 Å². The van der Waals surface area contributed by atoms with Crippen molar-refractivity contribution < 1.29 is 28.9 Å². The van der Waals surface area contributed by atoms with Crippen LogP contribution >= 0.6 is 27.5 Å². The number of amides is 2. The van der Waals surface area contributed by atoms with Crippen molar-refractivity contribution in [1.82, 2.24) is 5.32 Å². The van der Waals surface area contributed by atoms with Crippen molar-refractivity contribution in [2.75, 3.05) is 18.3 Å². The molecule has 0 radical (unpaired) electrons. The first-order valence-corrected chi connectivity index (χ1v) is 11.0. The van der Waals surface area contributed by atoms with Gasteiger partial charge in [0.1, 0.15) is 23.7 Å². The molecular formula is C19H29BrClNO6. The molecule has 2 rings (SSSR count). The van der Waals surface area contributed by atoms with Crippen LogP contribution < -0.4 is 5.32 Å². The van der Waals surface area contributed by atoms with E-state index in [1.165, 1.54) is 12.7 Å². The summed E-state index contributed by atoms with van der Waals surface area (Å²) in [6, 6.07) is 0. The van der Waals surface area contributed by atoms with Gasteiger partial charge in [-0.1, -0.05) is 27.6 Å². The number of allylic oxidation sites excluding steroid dienone is 1. The van der Waals surface area contributed by atoms with Crippen molar-refractivity contribution in [3.8, 4) is 0 Å². The second kappa shape index (κ2) is 9.43. The molecule has 2 fully saturated rings. The number of alkyl carbamates (subject to hydrolysis) is 1. The van der Waals surface area contributed by atoms with Crippen molar-refractivity contribution in [2.45, 2.75) is 69.5 Å². The molecule has 7 nitrogen and oxygen atoms in total. The SMILES string of the molecule is COC1C(OC(=O)NC(=O)CCl)CCC(O)(CBr)C1C1(C)OC1CC=C(C)C. The van der Waals surface area contributed by atoms with Gasteiger partial charge in [-0.15, -0.1) is 11.6 Å². The zero-order chi connectivity index (χ0) is 21.1. The Kier molecular flexibility index (Phi) is 7.95. The number of carbonyl (C=O) groups is 2. The van der Waals surface area contributed by atoms with Gasteiger partial charge >= 0.3 is 6.09 Å². The average molecular weight is 483 g/mol. The number of methoxy groups -OCH3 is 1. The third-order valence-electron chi connectivity index (χ3n) is 5.60. The topological polar surface area (TPSA) is 97.4 Å². The Morgan fingerprint density at radius 2 is 2.11 bits per heavy atom. The molecule has 6 atom stereocenters. The molecule has 0 aromatic rings. The zero-order valence-corrected chi connectivity index (χ0v) is 19.0. The molecule has 160 valence electrons. The van der Waals surface area contributed by atoms with E-state index in [-0.39, 0.29) is 12.0 Å². The van der Waals surface area contributed by atoms with E-state index in [0.29, 0.717) is 18.2 Å². The van der Waals surface area contributed by atoms with Crippen molar-refractivity contribution in [3.63, 3.8) is 0 Å². The van der Waals surface area contributed by atoms with Crippen LogP contribution in [0.3, 0.4) is 0 Å². The molecule has 0 spiro atoms. The number of carbonyl (C=O) groups excluding carboxylic acids is 2. The maximum absolute atomic E-state index is 12.0. The molecule has 1 saturated heterocycles. The second-order valence-electron chi connectivity index (χ2n) is 7.89. The van der Waals surface area contributed by atoms with Gasteiger partial charge in [0.15, 0.2) is 0 Å². The predicted octanol–water partition coefficient (Wildman–Crippen LogP) is 2.91. The third kappa shape index (κ3) is 5.08. The van der Waals surface area contributed by atoms with Gasteiger partial charge in [0.25, 0.3) is 0 Å². The lowest BCUT2D eigenvalue weighted by Gasteiger charge is -2.48. The van der Waals surface area contributed by atoms with E-state index < -0.39 is 41.3 Å². The van der Waals surface area contributed by atoms with Crippen LogP contribution in [0.15, 0.2) is 11.6 Å². The number of aliphatic hydroxyl groups is 1. The molecule has 2 N–H and O–H groups in total. The summed E-state index contributed by atoms with van der Waals surface area (Å²) in [5, 5.41) is 13.7. The van der Waals surface area contributed by atoms with Gasteiger partial charge in [-0.3, -0.25) is 10.1 Å². The molecule has 0 aromatic heterocycles. The Bertz CT molecular complexity index is 628. The van der Waals surface area contributed by atoms with E-state index in [1.54, 1.807) is 0 Å². The minimum absolute atomic E-state index is 0.0546. The minimum Gasteiger partial charge on any atom is -0.443 e. The van der Waals surface area contributed by atoms with E-state index in [4.69, 9.17) is 25.8 Å². The maximum atomic E-state index is 12.0. The lowest BCUT2D eigenvalue weighted by atomic mass is 9.66. The van der Waals surface area contributed by atoms with Gasteiger partial charge in [0.2, 0.25) is 5.91 Å². The number of nitrogens with one attached hydrogen (secondary N) is 1. The van der Waals surface area contributed by atoms with Gasteiger partial charge < -0.3 is 19.3 Å². The smallest absolute Gasteiger partial charge is 0.414 e. The van der Waals surface area contributed by atoms with Crippen LogP contribution in [0, 0.1) is 5.92 Å². The van der Waals surface area contributed by atoms with Crippen LogP contribution in [-0.2, 0) is 19.0 Å². The number of rotatable bonds is 7. The Labute approximate surface area is 179 Å². The number of halogens is 2. The lowest BCUT2D eigenvalue weighted by Crippen LogP contribution is -2.61. The van der Waals surface area contributed by atoms with Crippen LogP contribution in [-0.4, -0.2) is 64.9 Å². The fourth-order valence-corrected chi connectivity index (χ4v) is 4.84. The summed E-state index contributed by atoms with van der Waals surface area (Å²) in [7, 11) is 1.52. The number of imide groups is 1. The molecule has 9 heteroatoms. The van der Waals surface area contributed by atoms with E-state index in [0.717, 1.165) is 6.42 Å². The normalized spacial score (nSPS) is 37.1. The highest BCUT2D eigenvalue weighted by Gasteiger charge is 2.67. The van der Waals surface area contributed by atoms with Crippen LogP contribution in [0.25, 0.3) is 0 Å². The van der Waals surface area contributed by atoms with Crippen molar-refractivity contribution >= 4 is 39.5 Å². The van der Waals surface area contributed by atoms with Crippen LogP contribution in [0.2, 0.25) is 0 Å². The molecule has 0 aromatic carbocycles. The predicted molar refractivity (Wildman–Crippen MR) is 109 cm³/mol. The largest absolute Gasteiger partial charge is 0.443 e. The molecule has 0 bridgehead atoms. The first-order valence-electron chi connectivity index (χ1n) is 9.30. The molecule has 1 aliphatic carbocycles. The first-order chi connectivity index (χ1) is 13.1. The second-order valence-corrected chi connectivity index (χ2v) is 8.71. The molecule has 1 saturated carbocycles. The van der Waals surface area contributed by atoms with Gasteiger partial charge in [-0.05, 0) is 40.0 Å². The minimum atomic E-state index is -1.07. The molecule has 6 unspecified atom stereocenters. The summed E-state index contributed by atoms with van der Waals surface area (Å²) in [6.07, 6.45) is 1.50. The summed E-state index contributed by atoms with van der Waals surface area (Å²) in [4.78, 5) is 23.3. The molecular weight excluding hydrogens is 454 g/mol. The lowest BCUT2D eigenvalue weighted by molar-refractivity contribution is -0.169. The average Bonchev–Trinajstić information content (AvgIpc) is 3.31. The highest BCUT2D eigenvalue weighted by Crippen LogP contribution is 2.55. The number of ether oxygens (including phenoxy) is 3. The summed E-state index contributed by atoms with van der Waals surface area (Å²) in [6.45, 7) is 6.01. The van der Waals surface area contributed by atoms with E-state index in [1.807, 2.05) is 20.8 Å². The number of hydrogen-bond donors (Lipinski definition) is 2. The fraction of sp³-hybridized carbons (Fsp3) is 0.789. The van der Waals surface area contributed by atoms with Gasteiger partial charge in [0, 0.05) is 18.4 Å². The van der Waals surface area contributed by atoms with Gasteiger partial charge in [-0.2, -0.15) is 0 Å². The third-order valence-corrected chi connectivity index (χ3v) is 6.81.